The van der Waals surface area contributed by atoms with E-state index in [-0.39, 0.29) is 17.8 Å². The van der Waals surface area contributed by atoms with Gasteiger partial charge in [-0.1, -0.05) is 0 Å². The molecule has 0 fully saturated rings. The van der Waals surface area contributed by atoms with Crippen LogP contribution in [0.5, 0.6) is 0 Å². The van der Waals surface area contributed by atoms with Crippen molar-refractivity contribution in [3.8, 4) is 0 Å². The molecule has 0 atom stereocenters. The summed E-state index contributed by atoms with van der Waals surface area (Å²) in [6, 6.07) is 9.82. The smallest absolute Gasteiger partial charge is 0.270 e. The van der Waals surface area contributed by atoms with Crippen LogP contribution in [0.15, 0.2) is 47.1 Å². The van der Waals surface area contributed by atoms with Crippen LogP contribution >= 0.6 is 0 Å². The summed E-state index contributed by atoms with van der Waals surface area (Å²) >= 11 is 0. The molecule has 0 bridgehead atoms. The molecule has 2 aromatic heterocycles. The first kappa shape index (κ1) is 14.4. The van der Waals surface area contributed by atoms with Crippen molar-refractivity contribution in [3.05, 3.63) is 59.9 Å². The van der Waals surface area contributed by atoms with Crippen molar-refractivity contribution < 1.29 is 13.6 Å². The highest BCUT2D eigenvalue weighted by atomic mass is 19.1. The molecule has 4 nitrogen and oxygen atoms in total. The summed E-state index contributed by atoms with van der Waals surface area (Å²) < 4.78 is 18.6. The first-order valence-electron chi connectivity index (χ1n) is 7.16. The fraction of sp³-hybridized carbons (Fsp3) is 0.235. The summed E-state index contributed by atoms with van der Waals surface area (Å²) in [6.45, 7) is 4.29. The fourth-order valence-corrected chi connectivity index (χ4v) is 2.43. The molecule has 2 heterocycles. The van der Waals surface area contributed by atoms with Crippen molar-refractivity contribution in [3.63, 3.8) is 0 Å². The third-order valence-electron chi connectivity index (χ3n) is 3.61. The Hall–Kier alpha value is -2.56. The summed E-state index contributed by atoms with van der Waals surface area (Å²) in [5.41, 5.74) is 1.06. The summed E-state index contributed by atoms with van der Waals surface area (Å²) in [5, 5.41) is 0.812. The molecule has 0 saturated carbocycles. The molecule has 5 heteroatoms. The minimum absolute atomic E-state index is 0.0146. The van der Waals surface area contributed by atoms with Crippen LogP contribution < -0.4 is 0 Å². The number of fused-ring (bicyclic) bond motifs is 1. The van der Waals surface area contributed by atoms with E-state index < -0.39 is 0 Å². The van der Waals surface area contributed by atoms with Crippen LogP contribution in [0, 0.1) is 5.82 Å². The number of aromatic amines is 1. The first-order valence-corrected chi connectivity index (χ1v) is 7.16. The third kappa shape index (κ3) is 2.74. The Morgan fingerprint density at radius 1 is 1.32 bits per heavy atom. The average molecular weight is 300 g/mol. The van der Waals surface area contributed by atoms with Gasteiger partial charge in [0.05, 0.1) is 12.8 Å². The molecular formula is C17H17FN2O2. The molecule has 3 rings (SSSR count). The highest BCUT2D eigenvalue weighted by Crippen LogP contribution is 2.19. The Morgan fingerprint density at radius 2 is 2.14 bits per heavy atom. The van der Waals surface area contributed by atoms with Gasteiger partial charge in [-0.2, -0.15) is 0 Å². The van der Waals surface area contributed by atoms with Crippen LogP contribution in [0.25, 0.3) is 10.9 Å². The third-order valence-corrected chi connectivity index (χ3v) is 3.61. The lowest BCUT2D eigenvalue weighted by molar-refractivity contribution is 0.0671. The molecule has 0 aliphatic rings. The Balaban J connectivity index is 1.91. The van der Waals surface area contributed by atoms with E-state index in [0.717, 1.165) is 11.1 Å². The Morgan fingerprint density at radius 3 is 2.82 bits per heavy atom. The van der Waals surface area contributed by atoms with E-state index in [1.165, 1.54) is 12.1 Å². The zero-order chi connectivity index (χ0) is 15.7. The van der Waals surface area contributed by atoms with Gasteiger partial charge in [0, 0.05) is 16.9 Å². The van der Waals surface area contributed by atoms with Gasteiger partial charge in [0.2, 0.25) is 0 Å². The van der Waals surface area contributed by atoms with Crippen LogP contribution in [0.3, 0.4) is 0 Å². The Kier molecular flexibility index (Phi) is 3.71. The van der Waals surface area contributed by atoms with Gasteiger partial charge in [-0.3, -0.25) is 4.79 Å². The van der Waals surface area contributed by atoms with Crippen molar-refractivity contribution in [2.24, 2.45) is 0 Å². The highest BCUT2D eigenvalue weighted by molar-refractivity contribution is 5.98. The van der Waals surface area contributed by atoms with E-state index in [1.807, 2.05) is 19.9 Å². The lowest BCUT2D eigenvalue weighted by Gasteiger charge is -2.25. The predicted molar refractivity (Wildman–Crippen MR) is 82.0 cm³/mol. The number of carbonyl (C=O) groups is 1. The molecule has 0 radical (unpaired) electrons. The fourth-order valence-electron chi connectivity index (χ4n) is 2.43. The maximum absolute atomic E-state index is 13.3. The van der Waals surface area contributed by atoms with E-state index in [9.17, 15) is 9.18 Å². The van der Waals surface area contributed by atoms with Gasteiger partial charge in [-0.15, -0.1) is 0 Å². The summed E-state index contributed by atoms with van der Waals surface area (Å²) in [4.78, 5) is 17.4. The number of hydrogen-bond donors (Lipinski definition) is 1. The summed E-state index contributed by atoms with van der Waals surface area (Å²) in [7, 11) is 0. The van der Waals surface area contributed by atoms with Gasteiger partial charge in [0.1, 0.15) is 17.3 Å². The lowest BCUT2D eigenvalue weighted by Crippen LogP contribution is -2.36. The number of furan rings is 1. The van der Waals surface area contributed by atoms with E-state index in [0.29, 0.717) is 17.8 Å². The van der Waals surface area contributed by atoms with Crippen molar-refractivity contribution >= 4 is 16.8 Å². The minimum atomic E-state index is -0.329. The van der Waals surface area contributed by atoms with E-state index in [1.54, 1.807) is 29.4 Å². The predicted octanol–water partition coefficient (Wildman–Crippen LogP) is 3.95. The zero-order valence-electron chi connectivity index (χ0n) is 12.5. The molecule has 0 saturated heterocycles. The molecule has 1 amide bonds. The van der Waals surface area contributed by atoms with Crippen molar-refractivity contribution in [1.29, 1.82) is 0 Å². The number of carbonyl (C=O) groups excluding carboxylic acids is 1. The van der Waals surface area contributed by atoms with Crippen molar-refractivity contribution in [2.75, 3.05) is 0 Å². The first-order chi connectivity index (χ1) is 10.5. The maximum atomic E-state index is 13.3. The van der Waals surface area contributed by atoms with Crippen LogP contribution in [-0.4, -0.2) is 21.8 Å². The number of H-pyrrole nitrogens is 1. The molecule has 1 N–H and O–H groups in total. The topological polar surface area (TPSA) is 49.2 Å². The number of nitrogens with zero attached hydrogens (tertiary/aromatic N) is 1. The van der Waals surface area contributed by atoms with Gasteiger partial charge in [0.15, 0.2) is 0 Å². The Labute approximate surface area is 127 Å². The van der Waals surface area contributed by atoms with Crippen LogP contribution in [0.1, 0.15) is 30.1 Å². The number of amides is 1. The molecule has 0 unspecified atom stereocenters. The SMILES string of the molecule is CC(C)N(Cc1ccco1)C(=O)c1cc2ccc(F)cc2[nH]1. The summed E-state index contributed by atoms with van der Waals surface area (Å²) in [5.74, 6) is 0.261. The second-order valence-electron chi connectivity index (χ2n) is 5.52. The zero-order valence-corrected chi connectivity index (χ0v) is 12.5. The van der Waals surface area contributed by atoms with Gasteiger partial charge >= 0.3 is 0 Å². The molecule has 3 aromatic rings. The minimum Gasteiger partial charge on any atom is -0.467 e. The van der Waals surface area contributed by atoms with Gasteiger partial charge in [-0.25, -0.2) is 4.39 Å². The van der Waals surface area contributed by atoms with Gasteiger partial charge in [-0.05, 0) is 50.2 Å². The van der Waals surface area contributed by atoms with Crippen molar-refractivity contribution in [2.45, 2.75) is 26.4 Å². The Bertz CT molecular complexity index is 790. The number of aromatic nitrogens is 1. The highest BCUT2D eigenvalue weighted by Gasteiger charge is 2.21. The van der Waals surface area contributed by atoms with Crippen LogP contribution in [0.2, 0.25) is 0 Å². The number of nitrogens with one attached hydrogen (secondary N) is 1. The summed E-state index contributed by atoms with van der Waals surface area (Å²) in [6.07, 6.45) is 1.59. The second-order valence-corrected chi connectivity index (χ2v) is 5.52. The largest absolute Gasteiger partial charge is 0.467 e. The molecule has 0 aliphatic heterocycles. The van der Waals surface area contributed by atoms with E-state index in [2.05, 4.69) is 4.98 Å². The maximum Gasteiger partial charge on any atom is 0.270 e. The average Bonchev–Trinajstić information content (AvgIpc) is 3.12. The second kappa shape index (κ2) is 5.67. The monoisotopic (exact) mass is 300 g/mol. The van der Waals surface area contributed by atoms with Crippen LogP contribution in [0.4, 0.5) is 4.39 Å². The van der Waals surface area contributed by atoms with Gasteiger partial charge in [0.25, 0.3) is 5.91 Å². The molecule has 1 aromatic carbocycles. The lowest BCUT2D eigenvalue weighted by atomic mass is 10.2. The number of hydrogen-bond acceptors (Lipinski definition) is 2. The molecular weight excluding hydrogens is 283 g/mol. The van der Waals surface area contributed by atoms with Gasteiger partial charge < -0.3 is 14.3 Å². The van der Waals surface area contributed by atoms with Crippen LogP contribution in [-0.2, 0) is 6.54 Å². The normalized spacial score (nSPS) is 11.3. The van der Waals surface area contributed by atoms with E-state index >= 15 is 0 Å². The molecule has 114 valence electrons. The standard InChI is InChI=1S/C17H17FN2O2/c1-11(2)20(10-14-4-3-7-22-14)17(21)16-8-12-5-6-13(18)9-15(12)19-16/h3-9,11,19H,10H2,1-2H3. The number of benzene rings is 1. The quantitative estimate of drug-likeness (QED) is 0.793. The molecule has 22 heavy (non-hydrogen) atoms. The number of rotatable bonds is 4. The van der Waals surface area contributed by atoms with E-state index in [4.69, 9.17) is 4.42 Å². The molecule has 0 aliphatic carbocycles. The molecule has 0 spiro atoms. The van der Waals surface area contributed by atoms with Crippen molar-refractivity contribution in [1.82, 2.24) is 9.88 Å². The number of halogens is 1.